The van der Waals surface area contributed by atoms with Gasteiger partial charge >= 0.3 is 0 Å². The molecule has 0 N–H and O–H groups in total. The molecule has 0 spiro atoms. The van der Waals surface area contributed by atoms with Crippen molar-refractivity contribution < 1.29 is 4.42 Å². The van der Waals surface area contributed by atoms with E-state index in [1.165, 1.54) is 126 Å². The molecule has 143 heavy (non-hydrogen) atoms. The van der Waals surface area contributed by atoms with Gasteiger partial charge in [-0.15, -0.1) is 11.3 Å². The minimum Gasteiger partial charge on any atom is -0.455 e. The molecule has 20 aromatic carbocycles. The van der Waals surface area contributed by atoms with Crippen LogP contribution in [0.3, 0.4) is 0 Å². The number of rotatable bonds is 10. The normalized spacial score (nSPS) is 14.0. The van der Waals surface area contributed by atoms with Crippen LogP contribution in [0.5, 0.6) is 0 Å². The number of furan rings is 1. The van der Waals surface area contributed by atoms with Gasteiger partial charge in [-0.25, -0.2) is 4.98 Å². The van der Waals surface area contributed by atoms with Crippen LogP contribution < -0.4 is 29.4 Å². The van der Waals surface area contributed by atoms with Crippen LogP contribution >= 0.6 is 11.3 Å². The molecule has 6 heterocycles. The van der Waals surface area contributed by atoms with Gasteiger partial charge in [0.05, 0.1) is 79.6 Å². The molecule has 0 fully saturated rings. The van der Waals surface area contributed by atoms with Crippen molar-refractivity contribution in [2.24, 2.45) is 0 Å². The second kappa shape index (κ2) is 33.3. The summed E-state index contributed by atoms with van der Waals surface area (Å²) in [6, 6.07) is 174. The van der Waals surface area contributed by atoms with Gasteiger partial charge in [0.15, 0.2) is 0 Å². The zero-order valence-corrected chi connectivity index (χ0v) is 80.9. The number of para-hydroxylation sites is 8. The molecule has 9 heteroatoms. The Bertz CT molecular complexity index is 8670. The van der Waals surface area contributed by atoms with Crippen LogP contribution in [-0.2, 0) is 16.2 Å². The molecule has 8 nitrogen and oxygen atoms in total. The Balaban J connectivity index is 0.000000107. The summed E-state index contributed by atoms with van der Waals surface area (Å²) in [5.41, 5.74) is 47.1. The zero-order chi connectivity index (χ0) is 95.5. The van der Waals surface area contributed by atoms with Crippen molar-refractivity contribution in [3.05, 3.63) is 513 Å². The van der Waals surface area contributed by atoms with Crippen LogP contribution in [0.25, 0.3) is 120 Å². The number of hydrogen-bond acceptors (Lipinski definition) is 9. The first-order chi connectivity index (χ1) is 70.3. The fourth-order valence-electron chi connectivity index (χ4n) is 23.9. The Labute approximate surface area is 837 Å². The maximum atomic E-state index is 6.54. The van der Waals surface area contributed by atoms with Gasteiger partial charge in [0.2, 0.25) is 0 Å². The van der Waals surface area contributed by atoms with Crippen molar-refractivity contribution in [2.75, 3.05) is 29.4 Å². The molecule has 0 bridgehead atoms. The number of nitrogens with zero attached hydrogens (tertiary/aromatic N) is 7. The molecule has 3 aliphatic carbocycles. The van der Waals surface area contributed by atoms with E-state index < -0.39 is 0 Å². The van der Waals surface area contributed by atoms with Gasteiger partial charge in [-0.05, 0) is 218 Å². The molecule has 0 atom stereocenters. The highest BCUT2D eigenvalue weighted by Gasteiger charge is 2.47. The fourth-order valence-corrected chi connectivity index (χ4v) is 25.1. The summed E-state index contributed by atoms with van der Waals surface area (Å²) in [7, 11) is 0. The third-order valence-electron chi connectivity index (χ3n) is 30.5. The summed E-state index contributed by atoms with van der Waals surface area (Å²) in [5, 5.41) is 4.91. The summed E-state index contributed by atoms with van der Waals surface area (Å²) in [5.74, 6) is 0. The van der Waals surface area contributed by atoms with E-state index in [9.17, 15) is 0 Å². The first-order valence-corrected chi connectivity index (χ1v) is 50.3. The second-order valence-corrected chi connectivity index (χ2v) is 40.6. The van der Waals surface area contributed by atoms with Gasteiger partial charge in [-0.1, -0.05) is 369 Å². The first kappa shape index (κ1) is 84.6. The Morgan fingerprint density at radius 1 is 0.210 bits per heavy atom. The van der Waals surface area contributed by atoms with Gasteiger partial charge in [-0.2, -0.15) is 0 Å². The van der Waals surface area contributed by atoms with E-state index in [1.807, 2.05) is 23.5 Å². The number of pyridine rings is 1. The molecule has 0 radical (unpaired) electrons. The minimum atomic E-state index is -0.125. The Hall–Kier alpha value is -17.6. The minimum absolute atomic E-state index is 0.111. The van der Waals surface area contributed by atoms with Crippen LogP contribution in [0, 0.1) is 0 Å². The smallest absolute Gasteiger partial charge is 0.143 e. The van der Waals surface area contributed by atoms with Gasteiger partial charge < -0.3 is 33.8 Å². The van der Waals surface area contributed by atoms with E-state index in [0.717, 1.165) is 130 Å². The average Bonchev–Trinajstić information content (AvgIpc) is 1.55. The third-order valence-corrected chi connectivity index (χ3v) is 31.7. The lowest BCUT2D eigenvalue weighted by Crippen LogP contribution is -2.25. The highest BCUT2D eigenvalue weighted by atomic mass is 32.1. The molecule has 0 saturated heterocycles. The molecule has 0 unspecified atom stereocenters. The summed E-state index contributed by atoms with van der Waals surface area (Å²) >= 11 is 1.89. The predicted molar refractivity (Wildman–Crippen MR) is 600 cm³/mol. The molecule has 680 valence electrons. The largest absolute Gasteiger partial charge is 0.455 e. The highest BCUT2D eigenvalue weighted by molar-refractivity contribution is 7.26. The molecule has 3 aromatic heterocycles. The van der Waals surface area contributed by atoms with Crippen molar-refractivity contribution >= 4 is 156 Å². The third kappa shape index (κ3) is 13.4. The van der Waals surface area contributed by atoms with Gasteiger partial charge in [0.1, 0.15) is 11.2 Å². The number of fused-ring (bicyclic) bond motifs is 24. The quantitative estimate of drug-likeness (QED) is 0.134. The van der Waals surface area contributed by atoms with Gasteiger partial charge in [-0.3, -0.25) is 0 Å². The monoisotopic (exact) mass is 1850 g/mol. The lowest BCUT2D eigenvalue weighted by molar-refractivity contribution is 0.660. The van der Waals surface area contributed by atoms with E-state index in [4.69, 9.17) is 9.40 Å². The number of hydrogen-bond donors (Lipinski definition) is 0. The molecule has 3 aliphatic heterocycles. The van der Waals surface area contributed by atoms with E-state index >= 15 is 0 Å². The number of thiophene rings is 1. The molecule has 29 rings (SSSR count). The Kier molecular flexibility index (Phi) is 19.7. The lowest BCUT2D eigenvalue weighted by atomic mass is 9.82. The summed E-state index contributed by atoms with van der Waals surface area (Å²) in [6.07, 6.45) is 0. The topological polar surface area (TPSA) is 45.5 Å². The van der Waals surface area contributed by atoms with Crippen LogP contribution in [-0.4, -0.2) is 4.98 Å². The van der Waals surface area contributed by atoms with E-state index in [1.54, 1.807) is 0 Å². The maximum absolute atomic E-state index is 6.54. The van der Waals surface area contributed by atoms with E-state index in [2.05, 4.69) is 538 Å². The lowest BCUT2D eigenvalue weighted by Gasteiger charge is -2.42. The van der Waals surface area contributed by atoms with Crippen molar-refractivity contribution in [1.82, 2.24) is 4.98 Å². The highest BCUT2D eigenvalue weighted by Crippen LogP contribution is 2.68. The van der Waals surface area contributed by atoms with Crippen LogP contribution in [0.15, 0.2) is 484 Å². The fraction of sp³-hybridized carbons (Fsp3) is 0.0672. The van der Waals surface area contributed by atoms with Crippen molar-refractivity contribution in [3.8, 4) is 78.1 Å². The predicted octanol–water partition coefficient (Wildman–Crippen LogP) is 38.1. The van der Waals surface area contributed by atoms with Crippen LogP contribution in [0.2, 0.25) is 0 Å². The summed E-state index contributed by atoms with van der Waals surface area (Å²) < 4.78 is 9.19. The molecular weight excluding hydrogens is 1760 g/mol. The Morgan fingerprint density at radius 2 is 0.517 bits per heavy atom. The molecule has 0 amide bonds. The maximum Gasteiger partial charge on any atom is 0.143 e. The van der Waals surface area contributed by atoms with E-state index in [-0.39, 0.29) is 16.2 Å². The van der Waals surface area contributed by atoms with E-state index in [0.29, 0.717) is 0 Å². The van der Waals surface area contributed by atoms with Crippen molar-refractivity contribution in [2.45, 2.75) is 57.8 Å². The van der Waals surface area contributed by atoms with Gasteiger partial charge in [0, 0.05) is 115 Å². The van der Waals surface area contributed by atoms with Crippen molar-refractivity contribution in [3.63, 3.8) is 0 Å². The molecule has 23 aromatic rings. The van der Waals surface area contributed by atoms with Crippen LogP contribution in [0.1, 0.15) is 74.9 Å². The first-order valence-electron chi connectivity index (χ1n) is 49.5. The SMILES string of the molecule is CC1(C)c2ccccc2-c2c1ccc1c2N(c2ccccc2)c2cc(-c3cccc(-c4ccccc4)n3)ccc2N1c1ccccc1.CC1(C)c2ccccc2-c2c1ccc1c2N(c2ccccc2)c2cc(-c3cccc4c3oc3ccccc34)ccc2N1c1ccccc1.CC1(C)c2ccccc2-c2c1ccc1c2N(c2ccccc2)c2cc(-c3cccc4c3sc3ccccc34)ccc2N1c1ccccc1. The summed E-state index contributed by atoms with van der Waals surface area (Å²) in [6.45, 7) is 14.2. The average molecular weight is 1850 g/mol. The van der Waals surface area contributed by atoms with Crippen LogP contribution in [0.4, 0.5) is 102 Å². The number of aromatic nitrogens is 1. The molecule has 0 saturated carbocycles. The zero-order valence-electron chi connectivity index (χ0n) is 80.1. The molecule has 6 aliphatic rings. The van der Waals surface area contributed by atoms with Gasteiger partial charge in [0.25, 0.3) is 0 Å². The Morgan fingerprint density at radius 3 is 0.951 bits per heavy atom. The number of benzene rings is 20. The van der Waals surface area contributed by atoms with Crippen molar-refractivity contribution in [1.29, 1.82) is 0 Å². The number of anilines is 18. The second-order valence-electron chi connectivity index (χ2n) is 39.6. The summed E-state index contributed by atoms with van der Waals surface area (Å²) in [4.78, 5) is 20.0. The molecular formula is C134H97N7OS. The standard InChI is InChI=1S/C45H32N2O.C45H32N2S.C44H33N3/c2*1-45(2)36-22-11-9-19-35(36)42-37(45)25-27-39-43(42)47(31-16-7-4-8-17-31)40-28-29(24-26-38(40)46(39)30-14-5-3-6-15-30)32-20-13-21-34-33-18-10-12-23-41(33)48-44(32)34;1-44(2)35-22-13-12-21-34(35)42-36(44)26-28-40-43(42)47(33-19-10-5-11-20-33)41-29-31(25-27-39(41)46(40)32-17-8-4-9-18-32)38-24-14-23-37(45-38)30-15-6-3-7-16-30/h2*3-28H,1-2H3;3-29H,1-2H3.